The Morgan fingerprint density at radius 1 is 0.700 bits per heavy atom. The maximum atomic E-state index is 13.6. The summed E-state index contributed by atoms with van der Waals surface area (Å²) in [6, 6.07) is -8.58. The number of aliphatic hydroxyl groups is 2. The van der Waals surface area contributed by atoms with Gasteiger partial charge in [0.1, 0.15) is 42.3 Å². The Balaban J connectivity index is 3.09. The highest BCUT2D eigenvalue weighted by Gasteiger charge is 2.41. The summed E-state index contributed by atoms with van der Waals surface area (Å²) < 4.78 is 0. The fourth-order valence-corrected chi connectivity index (χ4v) is 5.40. The highest BCUT2D eigenvalue weighted by molar-refractivity contribution is 7.80. The highest BCUT2D eigenvalue weighted by Crippen LogP contribution is 2.20. The summed E-state index contributed by atoms with van der Waals surface area (Å²) in [6.45, 7) is 11.9. The van der Waals surface area contributed by atoms with E-state index in [0.29, 0.717) is 6.42 Å². The van der Waals surface area contributed by atoms with Gasteiger partial charge in [-0.15, -0.1) is 0 Å². The quantitative estimate of drug-likeness (QED) is 0.0619. The first-order valence-corrected chi connectivity index (χ1v) is 17.1. The van der Waals surface area contributed by atoms with Crippen LogP contribution in [0.25, 0.3) is 0 Å². The summed E-state index contributed by atoms with van der Waals surface area (Å²) in [5.74, 6) is -7.01. The van der Waals surface area contributed by atoms with Crippen molar-refractivity contribution >= 4 is 59.9 Å². The minimum Gasteiger partial charge on any atom is -0.391 e. The normalized spacial score (nSPS) is 19.1. The molecule has 18 nitrogen and oxygen atoms in total. The zero-order valence-corrected chi connectivity index (χ0v) is 30.7. The van der Waals surface area contributed by atoms with E-state index >= 15 is 0 Å². The summed E-state index contributed by atoms with van der Waals surface area (Å²) in [5, 5.41) is 35.3. The Labute approximate surface area is 297 Å². The van der Waals surface area contributed by atoms with Crippen molar-refractivity contribution in [3.8, 4) is 0 Å². The molecule has 1 heterocycles. The molecule has 0 saturated carbocycles. The van der Waals surface area contributed by atoms with Crippen LogP contribution in [0.1, 0.15) is 68.2 Å². The van der Waals surface area contributed by atoms with E-state index in [2.05, 4.69) is 44.5 Å². The Morgan fingerprint density at radius 3 is 1.64 bits per heavy atom. The van der Waals surface area contributed by atoms with Gasteiger partial charge in [-0.05, 0) is 45.4 Å². The minimum atomic E-state index is -1.51. The summed E-state index contributed by atoms with van der Waals surface area (Å²) in [7, 11) is 0. The first-order valence-electron chi connectivity index (χ1n) is 16.5. The second kappa shape index (κ2) is 20.0. The van der Waals surface area contributed by atoms with Crippen LogP contribution in [0.4, 0.5) is 0 Å². The third kappa shape index (κ3) is 12.7. The van der Waals surface area contributed by atoms with Crippen molar-refractivity contribution in [3.63, 3.8) is 0 Å². The molecule has 0 aromatic rings. The molecule has 284 valence electrons. The molecule has 19 heteroatoms. The number of hydrogen-bond acceptors (Lipinski definition) is 11. The van der Waals surface area contributed by atoms with Crippen LogP contribution in [0.5, 0.6) is 0 Å². The number of carbonyl (C=O) groups is 8. The number of nitrogens with two attached hydrogens (primary N) is 1. The standard InChI is InChI=1S/C31H54N8O10S/c1-13(2)21(34-18(8)42)29(47)38-24(17(7)41)31(49)39-11-9-10-20(39)27(45)36-22(14(3)4)28(46)35-19(12-50)26(44)37-23(16(6)40)30(48)33-15(5)25(32)43/h13-17,19-24,40-41,50H,9-12H2,1-8H3,(H2,32,43)(H,33,48)(H,34,42)(H,35,46)(H,36,45)(H,37,44)(H,38,47)/t15-,16+,17+,19-,20-,21-,22-,23-,24-/m0/s1. The van der Waals surface area contributed by atoms with E-state index in [1.54, 1.807) is 27.7 Å². The number of nitrogens with zero attached hydrogens (tertiary/aromatic N) is 1. The smallest absolute Gasteiger partial charge is 0.248 e. The van der Waals surface area contributed by atoms with E-state index in [-0.39, 0.29) is 24.6 Å². The summed E-state index contributed by atoms with van der Waals surface area (Å²) in [5.41, 5.74) is 5.16. The Kier molecular flexibility index (Phi) is 17.6. The van der Waals surface area contributed by atoms with Crippen molar-refractivity contribution in [2.45, 2.75) is 123 Å². The lowest BCUT2D eigenvalue weighted by molar-refractivity contribution is -0.145. The lowest BCUT2D eigenvalue weighted by atomic mass is 10.0. The molecule has 0 unspecified atom stereocenters. The van der Waals surface area contributed by atoms with Gasteiger partial charge in [-0.1, -0.05) is 27.7 Å². The van der Waals surface area contributed by atoms with Crippen LogP contribution >= 0.6 is 12.6 Å². The van der Waals surface area contributed by atoms with Crippen LogP contribution in [-0.2, 0) is 38.4 Å². The number of nitrogens with one attached hydrogen (secondary N) is 6. The minimum absolute atomic E-state index is 0.131. The van der Waals surface area contributed by atoms with Crippen LogP contribution < -0.4 is 37.6 Å². The van der Waals surface area contributed by atoms with Crippen LogP contribution in [0.2, 0.25) is 0 Å². The van der Waals surface area contributed by atoms with E-state index in [9.17, 15) is 48.6 Å². The Morgan fingerprint density at radius 2 is 1.18 bits per heavy atom. The van der Waals surface area contributed by atoms with Crippen molar-refractivity contribution in [3.05, 3.63) is 0 Å². The molecule has 1 fully saturated rings. The van der Waals surface area contributed by atoms with Gasteiger partial charge in [-0.2, -0.15) is 12.6 Å². The summed E-state index contributed by atoms with van der Waals surface area (Å²) in [6.07, 6.45) is -2.11. The molecule has 8 amide bonds. The van der Waals surface area contributed by atoms with Gasteiger partial charge in [0.05, 0.1) is 12.2 Å². The number of aliphatic hydroxyl groups excluding tert-OH is 2. The summed E-state index contributed by atoms with van der Waals surface area (Å²) >= 11 is 4.13. The van der Waals surface area contributed by atoms with Crippen molar-refractivity contribution in [1.82, 2.24) is 36.8 Å². The molecule has 1 rings (SSSR count). The predicted molar refractivity (Wildman–Crippen MR) is 184 cm³/mol. The second-order valence-corrected chi connectivity index (χ2v) is 13.5. The number of hydrogen-bond donors (Lipinski definition) is 10. The predicted octanol–water partition coefficient (Wildman–Crippen LogP) is -3.59. The molecule has 0 spiro atoms. The van der Waals surface area contributed by atoms with Gasteiger partial charge in [0.25, 0.3) is 0 Å². The molecule has 10 N–H and O–H groups in total. The topological polar surface area (TPSA) is 278 Å². The van der Waals surface area contributed by atoms with Gasteiger partial charge >= 0.3 is 0 Å². The van der Waals surface area contributed by atoms with Gasteiger partial charge in [0, 0.05) is 19.2 Å². The number of carbonyl (C=O) groups excluding carboxylic acids is 8. The average Bonchev–Trinajstić information content (AvgIpc) is 3.51. The highest BCUT2D eigenvalue weighted by atomic mass is 32.1. The van der Waals surface area contributed by atoms with Gasteiger partial charge < -0.3 is 52.7 Å². The van der Waals surface area contributed by atoms with E-state index in [1.165, 1.54) is 32.6 Å². The second-order valence-electron chi connectivity index (χ2n) is 13.2. The Bertz CT molecular complexity index is 1260. The van der Waals surface area contributed by atoms with Crippen molar-refractivity contribution in [2.24, 2.45) is 17.6 Å². The molecule has 0 aliphatic carbocycles. The van der Waals surface area contributed by atoms with E-state index < -0.39 is 108 Å². The molecule has 1 saturated heterocycles. The fraction of sp³-hybridized carbons (Fsp3) is 0.742. The molecule has 0 aromatic carbocycles. The SMILES string of the molecule is CC(=O)N[C@H](C(=O)N[C@H](C(=O)N1CCC[C@H]1C(=O)N[C@H](C(=O)N[C@@H](CS)C(=O)N[C@H](C(=O)N[C@@H](C)C(N)=O)[C@@H](C)O)C(C)C)[C@@H](C)O)C(C)C. The monoisotopic (exact) mass is 730 g/mol. The number of rotatable bonds is 18. The lowest BCUT2D eigenvalue weighted by Crippen LogP contribution is -2.62. The number of likely N-dealkylation sites (tertiary alicyclic amines) is 1. The van der Waals surface area contributed by atoms with E-state index in [4.69, 9.17) is 5.73 Å². The molecule has 0 radical (unpaired) electrons. The van der Waals surface area contributed by atoms with Crippen LogP contribution in [0.3, 0.4) is 0 Å². The largest absolute Gasteiger partial charge is 0.391 e. The fourth-order valence-electron chi connectivity index (χ4n) is 5.14. The third-order valence-corrected chi connectivity index (χ3v) is 8.47. The van der Waals surface area contributed by atoms with Crippen molar-refractivity contribution in [2.75, 3.05) is 12.3 Å². The van der Waals surface area contributed by atoms with Crippen molar-refractivity contribution in [1.29, 1.82) is 0 Å². The first kappa shape index (κ1) is 44.1. The zero-order valence-electron chi connectivity index (χ0n) is 29.8. The van der Waals surface area contributed by atoms with Gasteiger partial charge in [0.15, 0.2) is 0 Å². The molecule has 50 heavy (non-hydrogen) atoms. The zero-order chi connectivity index (χ0) is 38.6. The van der Waals surface area contributed by atoms with Crippen LogP contribution in [0, 0.1) is 11.8 Å². The molecule has 0 aromatic heterocycles. The van der Waals surface area contributed by atoms with Gasteiger partial charge in [-0.3, -0.25) is 38.4 Å². The first-order chi connectivity index (χ1) is 23.1. The van der Waals surface area contributed by atoms with E-state index in [0.717, 1.165) is 0 Å². The molecule has 9 atom stereocenters. The number of thiol groups is 1. The van der Waals surface area contributed by atoms with Crippen LogP contribution in [0.15, 0.2) is 0 Å². The number of primary amides is 1. The average molecular weight is 731 g/mol. The van der Waals surface area contributed by atoms with Gasteiger partial charge in [0.2, 0.25) is 47.3 Å². The Hall–Kier alpha value is -3.97. The van der Waals surface area contributed by atoms with Crippen molar-refractivity contribution < 1.29 is 48.6 Å². The van der Waals surface area contributed by atoms with Gasteiger partial charge in [-0.25, -0.2) is 0 Å². The molecular weight excluding hydrogens is 676 g/mol. The van der Waals surface area contributed by atoms with E-state index in [1.807, 2.05) is 0 Å². The lowest BCUT2D eigenvalue weighted by Gasteiger charge is -2.32. The third-order valence-electron chi connectivity index (χ3n) is 8.10. The maximum absolute atomic E-state index is 13.6. The maximum Gasteiger partial charge on any atom is 0.248 e. The number of amides is 8. The summed E-state index contributed by atoms with van der Waals surface area (Å²) in [4.78, 5) is 103. The molecular formula is C31H54N8O10S. The molecule has 0 bridgehead atoms. The molecule has 1 aliphatic heterocycles. The van der Waals surface area contributed by atoms with Crippen LogP contribution in [-0.4, -0.2) is 129 Å². The molecule has 1 aliphatic rings.